The van der Waals surface area contributed by atoms with Crippen molar-refractivity contribution in [2.45, 2.75) is 20.4 Å². The van der Waals surface area contributed by atoms with Crippen molar-refractivity contribution >= 4 is 28.2 Å². The van der Waals surface area contributed by atoms with Crippen LogP contribution >= 0.6 is 11.3 Å². The molecule has 0 fully saturated rings. The maximum Gasteiger partial charge on any atom is 0.350 e. The van der Waals surface area contributed by atoms with Crippen molar-refractivity contribution in [2.75, 3.05) is 20.3 Å². The Balaban J connectivity index is 2.03. The van der Waals surface area contributed by atoms with E-state index in [1.54, 1.807) is 21.0 Å². The Hall–Kier alpha value is -2.69. The summed E-state index contributed by atoms with van der Waals surface area (Å²) in [7, 11) is 1.65. The second-order valence-corrected chi connectivity index (χ2v) is 6.73. The molecule has 0 amide bonds. The smallest absolute Gasteiger partial charge is 0.350 e. The molecule has 0 saturated carbocycles. The summed E-state index contributed by atoms with van der Waals surface area (Å²) in [6.07, 6.45) is 1.84. The van der Waals surface area contributed by atoms with Crippen LogP contribution in [0.1, 0.15) is 27.9 Å². The first kappa shape index (κ1) is 18.1. The lowest BCUT2D eigenvalue weighted by atomic mass is 10.1. The average molecular weight is 369 g/mol. The van der Waals surface area contributed by atoms with Gasteiger partial charge < -0.3 is 14.0 Å². The summed E-state index contributed by atoms with van der Waals surface area (Å²) in [4.78, 5) is 17.0. The molecule has 3 rings (SSSR count). The highest BCUT2D eigenvalue weighted by Crippen LogP contribution is 2.32. The minimum Gasteiger partial charge on any atom is -0.462 e. The number of thiazole rings is 1. The maximum atomic E-state index is 12.0. The fourth-order valence-electron chi connectivity index (χ4n) is 2.80. The van der Waals surface area contributed by atoms with Crippen molar-refractivity contribution < 1.29 is 14.3 Å². The number of aromatic nitrogens is 2. The highest BCUT2D eigenvalue weighted by molar-refractivity contribution is 7.17. The van der Waals surface area contributed by atoms with E-state index in [1.807, 2.05) is 29.0 Å². The average Bonchev–Trinajstić information content (AvgIpc) is 3.20. The molecule has 0 bridgehead atoms. The Bertz CT molecular complexity index is 998. The lowest BCUT2D eigenvalue weighted by molar-refractivity contribution is 0.0531. The van der Waals surface area contributed by atoms with Crippen molar-refractivity contribution in [3.8, 4) is 16.6 Å². The van der Waals surface area contributed by atoms with Gasteiger partial charge in [0.15, 0.2) is 0 Å². The van der Waals surface area contributed by atoms with Crippen molar-refractivity contribution in [3.05, 3.63) is 40.5 Å². The highest BCUT2D eigenvalue weighted by Gasteiger charge is 2.18. The molecule has 0 saturated heterocycles. The van der Waals surface area contributed by atoms with E-state index >= 15 is 0 Å². The van der Waals surface area contributed by atoms with E-state index in [4.69, 9.17) is 9.47 Å². The Morgan fingerprint density at radius 3 is 2.92 bits per heavy atom. The molecule has 0 N–H and O–H groups in total. The topological polar surface area (TPSA) is 77.1 Å². The molecule has 0 unspecified atom stereocenters. The number of hydrogen-bond donors (Lipinski definition) is 0. The molecule has 0 atom stereocenters. The molecule has 7 heteroatoms. The monoisotopic (exact) mass is 369 g/mol. The summed E-state index contributed by atoms with van der Waals surface area (Å²) in [6.45, 7) is 5.16. The van der Waals surface area contributed by atoms with Gasteiger partial charge in [0.25, 0.3) is 0 Å². The van der Waals surface area contributed by atoms with Gasteiger partial charge in [-0.2, -0.15) is 5.26 Å². The van der Waals surface area contributed by atoms with E-state index in [2.05, 4.69) is 11.1 Å². The van der Waals surface area contributed by atoms with Gasteiger partial charge in [-0.15, -0.1) is 11.3 Å². The van der Waals surface area contributed by atoms with Crippen LogP contribution in [0.4, 0.5) is 0 Å². The number of nitriles is 1. The molecular formula is C19H19N3O3S. The molecule has 26 heavy (non-hydrogen) atoms. The fourth-order valence-corrected chi connectivity index (χ4v) is 3.76. The van der Waals surface area contributed by atoms with Gasteiger partial charge in [-0.3, -0.25) is 0 Å². The number of esters is 1. The summed E-state index contributed by atoms with van der Waals surface area (Å²) in [6, 6.07) is 8.13. The maximum absolute atomic E-state index is 12.0. The van der Waals surface area contributed by atoms with E-state index < -0.39 is 0 Å². The Kier molecular flexibility index (Phi) is 5.35. The standard InChI is InChI=1S/C19H19N3O3S/c1-4-25-19(23)17-12(2)21-18(26-17)13-5-6-16-15(9-13)14(10-20)11-22(16)7-8-24-3/h5-6,9,11H,4,7-8H2,1-3H3. The number of carbonyl (C=O) groups is 1. The molecule has 0 aliphatic carbocycles. The highest BCUT2D eigenvalue weighted by atomic mass is 32.1. The Morgan fingerprint density at radius 1 is 1.42 bits per heavy atom. The summed E-state index contributed by atoms with van der Waals surface area (Å²) in [5.74, 6) is -0.349. The lowest BCUT2D eigenvalue weighted by Gasteiger charge is -2.04. The van der Waals surface area contributed by atoms with E-state index in [9.17, 15) is 10.1 Å². The zero-order valence-electron chi connectivity index (χ0n) is 14.9. The predicted molar refractivity (Wildman–Crippen MR) is 100 cm³/mol. The number of aryl methyl sites for hydroxylation is 1. The van der Waals surface area contributed by atoms with Gasteiger partial charge in [0.1, 0.15) is 16.0 Å². The van der Waals surface area contributed by atoms with Crippen molar-refractivity contribution in [2.24, 2.45) is 0 Å². The second kappa shape index (κ2) is 7.68. The van der Waals surface area contributed by atoms with E-state index in [1.165, 1.54) is 11.3 Å². The predicted octanol–water partition coefficient (Wildman–Crippen LogP) is 3.77. The lowest BCUT2D eigenvalue weighted by Crippen LogP contribution is -2.03. The number of hydrogen-bond acceptors (Lipinski definition) is 6. The summed E-state index contributed by atoms with van der Waals surface area (Å²) in [5.41, 5.74) is 3.11. The van der Waals surface area contributed by atoms with Crippen LogP contribution in [0.5, 0.6) is 0 Å². The van der Waals surface area contributed by atoms with Crippen LogP contribution in [0.25, 0.3) is 21.5 Å². The molecule has 0 spiro atoms. The molecule has 6 nitrogen and oxygen atoms in total. The van der Waals surface area contributed by atoms with Gasteiger partial charge in [-0.05, 0) is 32.0 Å². The van der Waals surface area contributed by atoms with Gasteiger partial charge in [-0.25, -0.2) is 9.78 Å². The third-order valence-electron chi connectivity index (χ3n) is 4.04. The number of methoxy groups -OCH3 is 1. The van der Waals surface area contributed by atoms with Crippen LogP contribution in [-0.4, -0.2) is 35.8 Å². The summed E-state index contributed by atoms with van der Waals surface area (Å²) >= 11 is 1.31. The zero-order chi connectivity index (χ0) is 18.7. The quantitative estimate of drug-likeness (QED) is 0.618. The SMILES string of the molecule is CCOC(=O)c1sc(-c2ccc3c(c2)c(C#N)cn3CCOC)nc1C. The van der Waals surface area contributed by atoms with Gasteiger partial charge in [-0.1, -0.05) is 0 Å². The van der Waals surface area contributed by atoms with Gasteiger partial charge in [0.2, 0.25) is 0 Å². The molecule has 134 valence electrons. The molecular weight excluding hydrogens is 350 g/mol. The molecule has 2 aromatic heterocycles. The van der Waals surface area contributed by atoms with Crippen molar-refractivity contribution in [1.29, 1.82) is 5.26 Å². The third-order valence-corrected chi connectivity index (χ3v) is 5.23. The summed E-state index contributed by atoms with van der Waals surface area (Å²) < 4.78 is 12.2. The Morgan fingerprint density at radius 2 is 2.23 bits per heavy atom. The van der Waals surface area contributed by atoms with Gasteiger partial charge in [0, 0.05) is 36.3 Å². The molecule has 2 heterocycles. The first-order valence-corrected chi connectivity index (χ1v) is 9.07. The summed E-state index contributed by atoms with van der Waals surface area (Å²) in [5, 5.41) is 11.1. The second-order valence-electron chi connectivity index (χ2n) is 5.73. The van der Waals surface area contributed by atoms with Gasteiger partial charge >= 0.3 is 5.97 Å². The minimum atomic E-state index is -0.349. The molecule has 0 aliphatic rings. The van der Waals surface area contributed by atoms with Crippen LogP contribution in [0.15, 0.2) is 24.4 Å². The Labute approximate surface area is 155 Å². The number of carbonyl (C=O) groups excluding carboxylic acids is 1. The van der Waals surface area contributed by atoms with E-state index in [0.29, 0.717) is 35.9 Å². The van der Waals surface area contributed by atoms with Crippen LogP contribution in [0.2, 0.25) is 0 Å². The fraction of sp³-hybridized carbons (Fsp3) is 0.316. The number of nitrogens with zero attached hydrogens (tertiary/aromatic N) is 3. The first-order chi connectivity index (χ1) is 12.6. The zero-order valence-corrected chi connectivity index (χ0v) is 15.7. The third kappa shape index (κ3) is 3.34. The van der Waals surface area contributed by atoms with Crippen molar-refractivity contribution in [3.63, 3.8) is 0 Å². The largest absolute Gasteiger partial charge is 0.462 e. The number of ether oxygens (including phenoxy) is 2. The molecule has 1 aromatic carbocycles. The number of rotatable bonds is 6. The number of fused-ring (bicyclic) bond motifs is 1. The van der Waals surface area contributed by atoms with E-state index in [-0.39, 0.29) is 5.97 Å². The molecule has 0 aliphatic heterocycles. The van der Waals surface area contributed by atoms with Gasteiger partial charge in [0.05, 0.1) is 24.5 Å². The van der Waals surface area contributed by atoms with E-state index in [0.717, 1.165) is 21.5 Å². The molecule has 0 radical (unpaired) electrons. The van der Waals surface area contributed by atoms with Crippen LogP contribution in [0, 0.1) is 18.3 Å². The van der Waals surface area contributed by atoms with Crippen LogP contribution < -0.4 is 0 Å². The minimum absolute atomic E-state index is 0.331. The van der Waals surface area contributed by atoms with Crippen molar-refractivity contribution in [1.82, 2.24) is 9.55 Å². The van der Waals surface area contributed by atoms with Crippen LogP contribution in [-0.2, 0) is 16.0 Å². The molecule has 3 aromatic rings. The first-order valence-electron chi connectivity index (χ1n) is 8.25. The normalized spacial score (nSPS) is 10.8. The van der Waals surface area contributed by atoms with Crippen LogP contribution in [0.3, 0.4) is 0 Å². The number of benzene rings is 1.